The van der Waals surface area contributed by atoms with Gasteiger partial charge < -0.3 is 9.90 Å². The van der Waals surface area contributed by atoms with Crippen LogP contribution in [0.3, 0.4) is 0 Å². The van der Waals surface area contributed by atoms with E-state index in [9.17, 15) is 9.90 Å². The summed E-state index contributed by atoms with van der Waals surface area (Å²) in [6, 6.07) is 0. The molecule has 0 atom stereocenters. The van der Waals surface area contributed by atoms with Gasteiger partial charge in [-0.3, -0.25) is 0 Å². The molecular formula is C6H7NNaO2S+. The van der Waals surface area contributed by atoms with E-state index in [1.807, 2.05) is 12.3 Å². The summed E-state index contributed by atoms with van der Waals surface area (Å²) < 4.78 is 1.64. The van der Waals surface area contributed by atoms with Crippen LogP contribution in [0.5, 0.6) is 0 Å². The van der Waals surface area contributed by atoms with E-state index in [4.69, 9.17) is 0 Å². The molecule has 1 rings (SSSR count). The predicted octanol–water partition coefficient (Wildman–Crippen LogP) is -3.90. The molecule has 0 radical (unpaired) electrons. The number of thiazole rings is 1. The fourth-order valence-electron chi connectivity index (χ4n) is 0.654. The number of hydrogen-bond acceptors (Lipinski definition) is 3. The van der Waals surface area contributed by atoms with Crippen LogP contribution in [0, 0.1) is 6.92 Å². The van der Waals surface area contributed by atoms with Gasteiger partial charge in [-0.05, 0) is 0 Å². The minimum Gasteiger partial charge on any atom is -0.544 e. The molecule has 0 unspecified atom stereocenters. The molecule has 1 aromatic heterocycles. The van der Waals surface area contributed by atoms with E-state index in [2.05, 4.69) is 0 Å². The van der Waals surface area contributed by atoms with E-state index in [0.717, 1.165) is 5.69 Å². The molecule has 0 spiro atoms. The maximum atomic E-state index is 10.1. The standard InChI is InChI=1S/C6H7NO2S.Na/c1-5-3-10-4-7(5)2-6(8)9;/h3-4H,2H2,1H3;/q;+1. The number of aliphatic carboxylic acids is 1. The van der Waals surface area contributed by atoms with Crippen LogP contribution in [0.4, 0.5) is 0 Å². The fraction of sp³-hybridized carbons (Fsp3) is 0.333. The topological polar surface area (TPSA) is 44.0 Å². The summed E-state index contributed by atoms with van der Waals surface area (Å²) in [4.78, 5) is 10.1. The molecule has 0 aliphatic carbocycles. The molecule has 11 heavy (non-hydrogen) atoms. The molecule has 0 saturated carbocycles. The molecule has 54 valence electrons. The molecule has 5 heteroatoms. The van der Waals surface area contributed by atoms with Crippen LogP contribution in [-0.2, 0) is 11.3 Å². The number of nitrogens with zero attached hydrogens (tertiary/aromatic N) is 1. The number of rotatable bonds is 2. The zero-order chi connectivity index (χ0) is 7.56. The predicted molar refractivity (Wildman–Crippen MR) is 34.3 cm³/mol. The Labute approximate surface area is 91.0 Å². The number of hydrogen-bond donors (Lipinski definition) is 0. The first kappa shape index (κ1) is 11.1. The van der Waals surface area contributed by atoms with E-state index in [-0.39, 0.29) is 36.1 Å². The van der Waals surface area contributed by atoms with Crippen LogP contribution >= 0.6 is 11.3 Å². The Kier molecular flexibility index (Phi) is 4.92. The van der Waals surface area contributed by atoms with E-state index in [1.165, 1.54) is 11.3 Å². The minimum atomic E-state index is -1.05. The molecule has 1 heterocycles. The number of aryl methyl sites for hydroxylation is 1. The average Bonchev–Trinajstić information content (AvgIpc) is 2.15. The van der Waals surface area contributed by atoms with E-state index in [1.54, 1.807) is 10.1 Å². The number of aromatic nitrogens is 1. The number of carboxylic acid groups (broad SMARTS) is 1. The normalized spacial score (nSPS) is 8.82. The molecule has 0 aliphatic rings. The molecule has 3 nitrogen and oxygen atoms in total. The van der Waals surface area contributed by atoms with Crippen molar-refractivity contribution in [1.29, 1.82) is 0 Å². The molecule has 0 bridgehead atoms. The third kappa shape index (κ3) is 3.33. The van der Waals surface area contributed by atoms with Crippen LogP contribution in [0.25, 0.3) is 0 Å². The third-order valence-corrected chi connectivity index (χ3v) is 2.03. The van der Waals surface area contributed by atoms with Gasteiger partial charge in [0, 0.05) is 6.92 Å². The van der Waals surface area contributed by atoms with Gasteiger partial charge in [0.15, 0.2) is 12.2 Å². The molecule has 0 fully saturated rings. The van der Waals surface area contributed by atoms with Crippen LogP contribution in [0.2, 0.25) is 0 Å². The summed E-state index contributed by atoms with van der Waals surface area (Å²) in [6.45, 7) is 1.81. The van der Waals surface area contributed by atoms with Crippen LogP contribution < -0.4 is 39.2 Å². The molecule has 0 aromatic carbocycles. The maximum Gasteiger partial charge on any atom is 1.00 e. The Hall–Kier alpha value is 0.100. The van der Waals surface area contributed by atoms with E-state index >= 15 is 0 Å². The Bertz CT molecular complexity index is 248. The first-order chi connectivity index (χ1) is 4.70. The van der Waals surface area contributed by atoms with Gasteiger partial charge in [-0.15, -0.1) is 0 Å². The summed E-state index contributed by atoms with van der Waals surface area (Å²) in [5.41, 5.74) is 2.71. The maximum absolute atomic E-state index is 10.1. The first-order valence-electron chi connectivity index (χ1n) is 2.82. The van der Waals surface area contributed by atoms with Crippen molar-refractivity contribution in [3.63, 3.8) is 0 Å². The summed E-state index contributed by atoms with van der Waals surface area (Å²) in [5, 5.41) is 12.0. The van der Waals surface area contributed by atoms with Gasteiger partial charge in [0.2, 0.25) is 5.51 Å². The smallest absolute Gasteiger partial charge is 0.544 e. The van der Waals surface area contributed by atoms with Crippen LogP contribution in [0.15, 0.2) is 10.9 Å². The second kappa shape index (κ2) is 4.87. The fourth-order valence-corrected chi connectivity index (χ4v) is 1.44. The summed E-state index contributed by atoms with van der Waals surface area (Å²) in [5.74, 6) is -1.05. The van der Waals surface area contributed by atoms with Crippen molar-refractivity contribution in [2.75, 3.05) is 0 Å². The van der Waals surface area contributed by atoms with E-state index < -0.39 is 5.97 Å². The average molecular weight is 180 g/mol. The largest absolute Gasteiger partial charge is 1.00 e. The monoisotopic (exact) mass is 180 g/mol. The zero-order valence-corrected chi connectivity index (χ0v) is 9.35. The van der Waals surface area contributed by atoms with Gasteiger partial charge in [0.25, 0.3) is 0 Å². The van der Waals surface area contributed by atoms with Crippen molar-refractivity contribution in [3.05, 3.63) is 16.6 Å². The molecular weight excluding hydrogens is 173 g/mol. The Morgan fingerprint density at radius 2 is 2.45 bits per heavy atom. The van der Waals surface area contributed by atoms with Gasteiger partial charge in [-0.1, -0.05) is 11.3 Å². The second-order valence-electron chi connectivity index (χ2n) is 2.00. The van der Waals surface area contributed by atoms with Crippen molar-refractivity contribution in [3.8, 4) is 0 Å². The zero-order valence-electron chi connectivity index (χ0n) is 6.53. The van der Waals surface area contributed by atoms with Crippen molar-refractivity contribution < 1.29 is 44.0 Å². The number of carbonyl (C=O) groups excluding carboxylic acids is 1. The molecule has 0 amide bonds. The first-order valence-corrected chi connectivity index (χ1v) is 3.76. The Balaban J connectivity index is 0.000001000. The van der Waals surface area contributed by atoms with Gasteiger partial charge in [-0.25, -0.2) is 0 Å². The quantitative estimate of drug-likeness (QED) is 0.345. The number of carboxylic acids is 1. The van der Waals surface area contributed by atoms with Crippen LogP contribution in [-0.4, -0.2) is 5.97 Å². The molecule has 0 saturated heterocycles. The minimum absolute atomic E-state index is 0. The van der Waals surface area contributed by atoms with Gasteiger partial charge in [0.1, 0.15) is 5.97 Å². The van der Waals surface area contributed by atoms with Crippen molar-refractivity contribution >= 4 is 17.3 Å². The Morgan fingerprint density at radius 1 is 1.82 bits per heavy atom. The van der Waals surface area contributed by atoms with Gasteiger partial charge in [-0.2, -0.15) is 4.57 Å². The van der Waals surface area contributed by atoms with Crippen molar-refractivity contribution in [2.24, 2.45) is 0 Å². The summed E-state index contributed by atoms with van der Waals surface area (Å²) in [7, 11) is 0. The molecule has 0 N–H and O–H groups in total. The van der Waals surface area contributed by atoms with Crippen LogP contribution in [0.1, 0.15) is 5.69 Å². The molecule has 1 aromatic rings. The van der Waals surface area contributed by atoms with E-state index in [0.29, 0.717) is 0 Å². The number of carbonyl (C=O) groups is 1. The van der Waals surface area contributed by atoms with Crippen molar-refractivity contribution in [1.82, 2.24) is 0 Å². The Morgan fingerprint density at radius 3 is 2.82 bits per heavy atom. The van der Waals surface area contributed by atoms with Gasteiger partial charge in [0.05, 0.1) is 5.38 Å². The molecule has 0 aliphatic heterocycles. The summed E-state index contributed by atoms with van der Waals surface area (Å²) in [6.07, 6.45) is 0. The third-order valence-electron chi connectivity index (χ3n) is 1.18. The second-order valence-corrected chi connectivity index (χ2v) is 2.72. The summed E-state index contributed by atoms with van der Waals surface area (Å²) >= 11 is 1.48. The van der Waals surface area contributed by atoms with Gasteiger partial charge >= 0.3 is 29.6 Å². The van der Waals surface area contributed by atoms with Crippen molar-refractivity contribution in [2.45, 2.75) is 13.5 Å². The SMILES string of the molecule is Cc1csc[n+]1CC(=O)[O-].[Na+].